The van der Waals surface area contributed by atoms with Crippen LogP contribution in [0.25, 0.3) is 0 Å². The highest BCUT2D eigenvalue weighted by atomic mass is 127. The van der Waals surface area contributed by atoms with E-state index in [1.165, 1.54) is 0 Å². The van der Waals surface area contributed by atoms with E-state index in [1.807, 2.05) is 6.92 Å². The molecule has 1 unspecified atom stereocenters. The van der Waals surface area contributed by atoms with Crippen LogP contribution in [0.5, 0.6) is 0 Å². The van der Waals surface area contributed by atoms with Crippen LogP contribution >= 0.6 is 22.6 Å². The Hall–Kier alpha value is -0.470. The maximum atomic E-state index is 11.9. The fourth-order valence-corrected chi connectivity index (χ4v) is 3.43. The summed E-state index contributed by atoms with van der Waals surface area (Å²) in [5.41, 5.74) is 0.932. The van der Waals surface area contributed by atoms with E-state index in [9.17, 15) is 4.79 Å². The first-order valence-electron chi connectivity index (χ1n) is 6.44. The highest BCUT2D eigenvalue weighted by Gasteiger charge is 2.34. The number of aromatic amines is 1. The van der Waals surface area contributed by atoms with Gasteiger partial charge in [-0.3, -0.25) is 14.6 Å². The van der Waals surface area contributed by atoms with Gasteiger partial charge < -0.3 is 4.98 Å². The quantitative estimate of drug-likeness (QED) is 0.786. The molecular formula is C12H17IN4O. The number of rotatable bonds is 2. The maximum absolute atomic E-state index is 11.9. The molecule has 1 N–H and O–H groups in total. The average molecular weight is 360 g/mol. The fourth-order valence-electron chi connectivity index (χ4n) is 2.79. The zero-order valence-electron chi connectivity index (χ0n) is 10.4. The summed E-state index contributed by atoms with van der Waals surface area (Å²) in [4.78, 5) is 24.4. The van der Waals surface area contributed by atoms with E-state index in [2.05, 4.69) is 42.4 Å². The second kappa shape index (κ2) is 4.90. The molecule has 3 fully saturated rings. The number of H-pyrrole nitrogens is 1. The van der Waals surface area contributed by atoms with Crippen LogP contribution in [0.15, 0.2) is 4.79 Å². The van der Waals surface area contributed by atoms with Gasteiger partial charge in [0, 0.05) is 32.7 Å². The smallest absolute Gasteiger partial charge is 0.264 e. The van der Waals surface area contributed by atoms with Crippen molar-refractivity contribution in [1.82, 2.24) is 19.8 Å². The molecule has 6 heteroatoms. The topological polar surface area (TPSA) is 52.2 Å². The number of nitrogens with zero attached hydrogens (tertiary/aromatic N) is 3. The van der Waals surface area contributed by atoms with Crippen molar-refractivity contribution in [3.8, 4) is 0 Å². The van der Waals surface area contributed by atoms with Crippen molar-refractivity contribution in [3.63, 3.8) is 0 Å². The number of aryl methyl sites for hydroxylation is 1. The van der Waals surface area contributed by atoms with Crippen LogP contribution in [0.4, 0.5) is 0 Å². The third-order valence-electron chi connectivity index (χ3n) is 3.88. The van der Waals surface area contributed by atoms with Crippen LogP contribution in [-0.2, 0) is 6.42 Å². The van der Waals surface area contributed by atoms with Crippen molar-refractivity contribution in [2.75, 3.05) is 32.7 Å². The van der Waals surface area contributed by atoms with Gasteiger partial charge in [-0.25, -0.2) is 4.98 Å². The Balaban J connectivity index is 1.97. The number of nitrogens with one attached hydrogen (secondary N) is 1. The lowest BCUT2D eigenvalue weighted by Crippen LogP contribution is -2.57. The molecule has 98 valence electrons. The second-order valence-electron chi connectivity index (χ2n) is 4.92. The standard InChI is InChI=1S/C12H17IN4O/c1-2-8-10(13)12(18)15-11(14-8)9-7-16-3-5-17(9)6-4-16/h9H,2-7H2,1H3,(H,14,15,18). The third kappa shape index (κ3) is 2.10. The zero-order valence-corrected chi connectivity index (χ0v) is 12.6. The predicted molar refractivity (Wildman–Crippen MR) is 77.7 cm³/mol. The van der Waals surface area contributed by atoms with E-state index >= 15 is 0 Å². The monoisotopic (exact) mass is 360 g/mol. The molecule has 0 amide bonds. The van der Waals surface area contributed by atoms with E-state index in [0.29, 0.717) is 0 Å². The van der Waals surface area contributed by atoms with Crippen molar-refractivity contribution in [2.24, 2.45) is 0 Å². The van der Waals surface area contributed by atoms with Gasteiger partial charge in [-0.15, -0.1) is 0 Å². The van der Waals surface area contributed by atoms with Crippen LogP contribution in [0, 0.1) is 3.57 Å². The van der Waals surface area contributed by atoms with Gasteiger partial charge >= 0.3 is 0 Å². The number of hydrogen-bond acceptors (Lipinski definition) is 4. The Morgan fingerprint density at radius 1 is 1.39 bits per heavy atom. The lowest BCUT2D eigenvalue weighted by atomic mass is 10.1. The number of halogens is 1. The first-order valence-corrected chi connectivity index (χ1v) is 7.52. The molecule has 5 nitrogen and oxygen atoms in total. The molecule has 3 aliphatic rings. The fraction of sp³-hybridized carbons (Fsp3) is 0.667. The Morgan fingerprint density at radius 3 is 2.67 bits per heavy atom. The van der Waals surface area contributed by atoms with Crippen LogP contribution in [0.2, 0.25) is 0 Å². The number of fused-ring (bicyclic) bond motifs is 3. The molecule has 4 heterocycles. The van der Waals surface area contributed by atoms with Crippen molar-refractivity contribution < 1.29 is 0 Å². The molecule has 4 rings (SSSR count). The minimum Gasteiger partial charge on any atom is -0.308 e. The minimum atomic E-state index is 0.00935. The van der Waals surface area contributed by atoms with Gasteiger partial charge in [0.05, 0.1) is 15.3 Å². The van der Waals surface area contributed by atoms with E-state index in [0.717, 1.165) is 54.2 Å². The van der Waals surface area contributed by atoms with Crippen LogP contribution in [0.1, 0.15) is 24.5 Å². The highest BCUT2D eigenvalue weighted by Crippen LogP contribution is 2.26. The lowest BCUT2D eigenvalue weighted by molar-refractivity contribution is 0.00844. The lowest BCUT2D eigenvalue weighted by Gasteiger charge is -2.46. The van der Waals surface area contributed by atoms with E-state index in [4.69, 9.17) is 0 Å². The molecule has 1 aromatic rings. The van der Waals surface area contributed by atoms with Gasteiger partial charge in [0.15, 0.2) is 0 Å². The summed E-state index contributed by atoms with van der Waals surface area (Å²) in [5, 5.41) is 0. The molecule has 3 aliphatic heterocycles. The van der Waals surface area contributed by atoms with Gasteiger partial charge in [0.25, 0.3) is 5.56 Å². The van der Waals surface area contributed by atoms with Gasteiger partial charge in [0.2, 0.25) is 0 Å². The summed E-state index contributed by atoms with van der Waals surface area (Å²) < 4.78 is 0.732. The van der Waals surface area contributed by atoms with E-state index < -0.39 is 0 Å². The highest BCUT2D eigenvalue weighted by molar-refractivity contribution is 14.1. The molecule has 0 aliphatic carbocycles. The Bertz CT molecular complexity index is 507. The molecule has 0 spiro atoms. The third-order valence-corrected chi connectivity index (χ3v) is 4.99. The molecule has 18 heavy (non-hydrogen) atoms. The molecule has 0 aromatic carbocycles. The first-order chi connectivity index (χ1) is 8.69. The number of piperazine rings is 3. The Labute approximate surface area is 120 Å². The number of hydrogen-bond donors (Lipinski definition) is 1. The first kappa shape index (κ1) is 12.6. The summed E-state index contributed by atoms with van der Waals surface area (Å²) in [7, 11) is 0. The molecule has 0 saturated carbocycles. The molecule has 3 saturated heterocycles. The van der Waals surface area contributed by atoms with Crippen molar-refractivity contribution in [1.29, 1.82) is 0 Å². The van der Waals surface area contributed by atoms with E-state index in [1.54, 1.807) is 0 Å². The van der Waals surface area contributed by atoms with Gasteiger partial charge in [-0.05, 0) is 29.0 Å². The normalized spacial score (nSPS) is 30.7. The summed E-state index contributed by atoms with van der Waals surface area (Å²) in [6.07, 6.45) is 0.811. The summed E-state index contributed by atoms with van der Waals surface area (Å²) in [6, 6.07) is 0.266. The van der Waals surface area contributed by atoms with E-state index in [-0.39, 0.29) is 11.6 Å². The molecular weight excluding hydrogens is 343 g/mol. The van der Waals surface area contributed by atoms with Crippen molar-refractivity contribution in [3.05, 3.63) is 25.4 Å². The second-order valence-corrected chi connectivity index (χ2v) is 6.00. The van der Waals surface area contributed by atoms with Crippen LogP contribution in [0.3, 0.4) is 0 Å². The molecule has 1 aromatic heterocycles. The number of aromatic nitrogens is 2. The minimum absolute atomic E-state index is 0.00935. The zero-order chi connectivity index (χ0) is 12.7. The van der Waals surface area contributed by atoms with Gasteiger partial charge in [-0.1, -0.05) is 6.92 Å². The van der Waals surface area contributed by atoms with Gasteiger partial charge in [0.1, 0.15) is 5.82 Å². The summed E-state index contributed by atoms with van der Waals surface area (Å²) in [5.74, 6) is 0.849. The largest absolute Gasteiger partial charge is 0.308 e. The Morgan fingerprint density at radius 2 is 2.11 bits per heavy atom. The SMILES string of the molecule is CCc1nc(C2CN3CCN2CC3)[nH]c(=O)c1I. The van der Waals surface area contributed by atoms with Crippen LogP contribution in [-0.4, -0.2) is 52.5 Å². The molecule has 0 radical (unpaired) electrons. The van der Waals surface area contributed by atoms with Crippen molar-refractivity contribution in [2.45, 2.75) is 19.4 Å². The van der Waals surface area contributed by atoms with Crippen LogP contribution < -0.4 is 5.56 Å². The molecule has 1 atom stereocenters. The predicted octanol–water partition coefficient (Wildman–Crippen LogP) is 0.609. The van der Waals surface area contributed by atoms with Crippen molar-refractivity contribution >= 4 is 22.6 Å². The maximum Gasteiger partial charge on any atom is 0.264 e. The van der Waals surface area contributed by atoms with Gasteiger partial charge in [-0.2, -0.15) is 0 Å². The Kier molecular flexibility index (Phi) is 3.42. The summed E-state index contributed by atoms with van der Waals surface area (Å²) >= 11 is 2.09. The molecule has 2 bridgehead atoms. The summed E-state index contributed by atoms with van der Waals surface area (Å²) in [6.45, 7) is 7.50. The average Bonchev–Trinajstić information content (AvgIpc) is 2.43.